The molecule has 1 aromatic carbocycles. The Labute approximate surface area is 177 Å². The van der Waals surface area contributed by atoms with E-state index in [9.17, 15) is 4.79 Å². The zero-order valence-electron chi connectivity index (χ0n) is 17.3. The Hall–Kier alpha value is -2.64. The summed E-state index contributed by atoms with van der Waals surface area (Å²) in [7, 11) is 0. The molecule has 0 unspecified atom stereocenters. The number of hydrogen-bond donors (Lipinski definition) is 2. The molecular weight excluding hydrogens is 380 g/mol. The molecule has 2 amide bonds. The number of ether oxygens (including phenoxy) is 2. The fourth-order valence-corrected chi connectivity index (χ4v) is 3.39. The quantitative estimate of drug-likeness (QED) is 0.665. The summed E-state index contributed by atoms with van der Waals surface area (Å²) in [5, 5.41) is 5.85. The van der Waals surface area contributed by atoms with Crippen molar-refractivity contribution < 1.29 is 14.3 Å². The topological polar surface area (TPSA) is 75.7 Å². The Bertz CT molecular complexity index is 817. The minimum Gasteiger partial charge on any atom is -0.477 e. The highest BCUT2D eigenvalue weighted by Gasteiger charge is 2.22. The monoisotopic (exact) mass is 410 g/mol. The van der Waals surface area contributed by atoms with Crippen molar-refractivity contribution in [1.29, 1.82) is 0 Å². The Balaban J connectivity index is 1.21. The van der Waals surface area contributed by atoms with E-state index in [4.69, 9.17) is 9.47 Å². The Morgan fingerprint density at radius 1 is 1.07 bits per heavy atom. The highest BCUT2D eigenvalue weighted by Crippen LogP contribution is 2.29. The summed E-state index contributed by atoms with van der Waals surface area (Å²) >= 11 is 0. The summed E-state index contributed by atoms with van der Waals surface area (Å²) in [4.78, 5) is 18.9. The number of carbonyl (C=O) groups excluding carboxylic acids is 1. The van der Waals surface area contributed by atoms with Gasteiger partial charge in [0.15, 0.2) is 0 Å². The molecule has 30 heavy (non-hydrogen) atoms. The third kappa shape index (κ3) is 6.43. The van der Waals surface area contributed by atoms with E-state index in [-0.39, 0.29) is 6.03 Å². The van der Waals surface area contributed by atoms with Crippen LogP contribution in [-0.2, 0) is 24.4 Å². The van der Waals surface area contributed by atoms with Crippen LogP contribution in [-0.4, -0.2) is 48.8 Å². The van der Waals surface area contributed by atoms with Crippen molar-refractivity contribution in [2.75, 3.05) is 32.9 Å². The smallest absolute Gasteiger partial charge is 0.315 e. The van der Waals surface area contributed by atoms with Crippen LogP contribution in [0.3, 0.4) is 0 Å². The van der Waals surface area contributed by atoms with Crippen LogP contribution in [0.4, 0.5) is 4.79 Å². The van der Waals surface area contributed by atoms with E-state index in [1.54, 1.807) is 6.20 Å². The van der Waals surface area contributed by atoms with Gasteiger partial charge >= 0.3 is 6.03 Å². The van der Waals surface area contributed by atoms with Gasteiger partial charge in [0.05, 0.1) is 19.8 Å². The number of pyridine rings is 1. The molecule has 2 fully saturated rings. The van der Waals surface area contributed by atoms with Crippen molar-refractivity contribution >= 4 is 6.03 Å². The molecule has 7 heteroatoms. The number of urea groups is 1. The van der Waals surface area contributed by atoms with E-state index < -0.39 is 0 Å². The van der Waals surface area contributed by atoms with Gasteiger partial charge in [-0.3, -0.25) is 4.90 Å². The van der Waals surface area contributed by atoms with Crippen LogP contribution in [0.25, 0.3) is 0 Å². The number of benzene rings is 1. The molecule has 2 aromatic rings. The minimum atomic E-state index is -0.190. The van der Waals surface area contributed by atoms with Crippen molar-refractivity contribution in [3.8, 4) is 5.88 Å². The SMILES string of the molecule is O=C(NCc1ccc(OCC2CC2)nc1)NCc1ccccc1CN1CCOCC1. The van der Waals surface area contributed by atoms with Gasteiger partial charge in [0.1, 0.15) is 0 Å². The van der Waals surface area contributed by atoms with Crippen molar-refractivity contribution in [3.63, 3.8) is 0 Å². The largest absolute Gasteiger partial charge is 0.477 e. The van der Waals surface area contributed by atoms with E-state index >= 15 is 0 Å². The van der Waals surface area contributed by atoms with E-state index in [2.05, 4.69) is 32.7 Å². The predicted molar refractivity (Wildman–Crippen MR) is 114 cm³/mol. The van der Waals surface area contributed by atoms with Crippen molar-refractivity contribution in [3.05, 3.63) is 59.3 Å². The summed E-state index contributed by atoms with van der Waals surface area (Å²) in [6.07, 6.45) is 4.27. The average molecular weight is 411 g/mol. The number of aromatic nitrogens is 1. The molecule has 4 rings (SSSR count). The zero-order chi connectivity index (χ0) is 20.6. The maximum absolute atomic E-state index is 12.2. The molecule has 0 spiro atoms. The second kappa shape index (κ2) is 10.4. The van der Waals surface area contributed by atoms with Gasteiger partial charge < -0.3 is 20.1 Å². The van der Waals surface area contributed by atoms with Crippen molar-refractivity contribution in [1.82, 2.24) is 20.5 Å². The van der Waals surface area contributed by atoms with E-state index in [0.717, 1.165) is 50.6 Å². The van der Waals surface area contributed by atoms with Gasteiger partial charge in [0, 0.05) is 45.0 Å². The third-order valence-electron chi connectivity index (χ3n) is 5.47. The molecule has 1 aromatic heterocycles. The molecule has 1 aliphatic heterocycles. The molecule has 0 bridgehead atoms. The molecule has 1 saturated heterocycles. The summed E-state index contributed by atoms with van der Waals surface area (Å²) in [5.41, 5.74) is 3.32. The number of nitrogens with zero attached hydrogens (tertiary/aromatic N) is 2. The molecule has 1 saturated carbocycles. The van der Waals surface area contributed by atoms with Gasteiger partial charge in [0.2, 0.25) is 5.88 Å². The molecule has 2 N–H and O–H groups in total. The maximum Gasteiger partial charge on any atom is 0.315 e. The molecule has 160 valence electrons. The van der Waals surface area contributed by atoms with Crippen molar-refractivity contribution in [2.24, 2.45) is 5.92 Å². The van der Waals surface area contributed by atoms with Gasteiger partial charge in [-0.2, -0.15) is 0 Å². The lowest BCUT2D eigenvalue weighted by molar-refractivity contribution is 0.0341. The Kier molecular flexibility index (Phi) is 7.16. The number of nitrogens with one attached hydrogen (secondary N) is 2. The molecule has 1 aliphatic carbocycles. The summed E-state index contributed by atoms with van der Waals surface area (Å²) in [6.45, 7) is 6.01. The number of rotatable bonds is 9. The second-order valence-corrected chi connectivity index (χ2v) is 7.95. The van der Waals surface area contributed by atoms with Crippen LogP contribution >= 0.6 is 0 Å². The van der Waals surface area contributed by atoms with E-state index in [1.807, 2.05) is 24.3 Å². The standard InChI is InChI=1S/C23H30N4O3/c28-23(25-14-19-7-8-22(24-13-19)30-17-18-5-6-18)26-15-20-3-1-2-4-21(20)16-27-9-11-29-12-10-27/h1-4,7-8,13,18H,5-6,9-12,14-17H2,(H2,25,26,28). The summed E-state index contributed by atoms with van der Waals surface area (Å²) in [5.74, 6) is 1.35. The highest BCUT2D eigenvalue weighted by molar-refractivity contribution is 5.73. The highest BCUT2D eigenvalue weighted by atomic mass is 16.5. The van der Waals surface area contributed by atoms with Crippen LogP contribution in [0, 0.1) is 5.92 Å². The molecule has 0 atom stereocenters. The predicted octanol–water partition coefficient (Wildman–Crippen LogP) is 2.70. The fraction of sp³-hybridized carbons (Fsp3) is 0.478. The van der Waals surface area contributed by atoms with E-state index in [1.165, 1.54) is 18.4 Å². The van der Waals surface area contributed by atoms with Gasteiger partial charge in [0.25, 0.3) is 0 Å². The first-order chi connectivity index (χ1) is 14.8. The number of morpholine rings is 1. The lowest BCUT2D eigenvalue weighted by atomic mass is 10.1. The lowest BCUT2D eigenvalue weighted by Gasteiger charge is -2.27. The van der Waals surface area contributed by atoms with Gasteiger partial charge in [-0.05, 0) is 35.4 Å². The Morgan fingerprint density at radius 2 is 1.83 bits per heavy atom. The van der Waals surface area contributed by atoms with Gasteiger partial charge in [-0.15, -0.1) is 0 Å². The molecule has 0 radical (unpaired) electrons. The minimum absolute atomic E-state index is 0.190. The van der Waals surface area contributed by atoms with Gasteiger partial charge in [-0.1, -0.05) is 30.3 Å². The van der Waals surface area contributed by atoms with Crippen LogP contribution < -0.4 is 15.4 Å². The fourth-order valence-electron chi connectivity index (χ4n) is 3.39. The number of amides is 2. The molecule has 2 aliphatic rings. The normalized spacial score (nSPS) is 16.8. The molecule has 2 heterocycles. The third-order valence-corrected chi connectivity index (χ3v) is 5.47. The van der Waals surface area contributed by atoms with Crippen LogP contribution in [0.1, 0.15) is 29.5 Å². The maximum atomic E-state index is 12.2. The van der Waals surface area contributed by atoms with Crippen molar-refractivity contribution in [2.45, 2.75) is 32.5 Å². The average Bonchev–Trinajstić information content (AvgIpc) is 3.62. The zero-order valence-corrected chi connectivity index (χ0v) is 17.3. The summed E-state index contributed by atoms with van der Waals surface area (Å²) < 4.78 is 11.1. The number of hydrogen-bond acceptors (Lipinski definition) is 5. The number of carbonyl (C=O) groups is 1. The Morgan fingerprint density at radius 3 is 2.57 bits per heavy atom. The lowest BCUT2D eigenvalue weighted by Crippen LogP contribution is -2.37. The molecular formula is C23H30N4O3. The van der Waals surface area contributed by atoms with E-state index in [0.29, 0.717) is 24.9 Å². The van der Waals surface area contributed by atoms with Crippen LogP contribution in [0.2, 0.25) is 0 Å². The van der Waals surface area contributed by atoms with Crippen LogP contribution in [0.5, 0.6) is 5.88 Å². The van der Waals surface area contributed by atoms with Crippen LogP contribution in [0.15, 0.2) is 42.6 Å². The van der Waals surface area contributed by atoms with Gasteiger partial charge in [-0.25, -0.2) is 9.78 Å². The first-order valence-electron chi connectivity index (χ1n) is 10.7. The molecule has 7 nitrogen and oxygen atoms in total. The summed E-state index contributed by atoms with van der Waals surface area (Å²) in [6, 6.07) is 11.9. The second-order valence-electron chi connectivity index (χ2n) is 7.95. The first-order valence-corrected chi connectivity index (χ1v) is 10.7. The first kappa shape index (κ1) is 20.6.